The molecule has 7 heteroatoms. The summed E-state index contributed by atoms with van der Waals surface area (Å²) in [5.74, 6) is -0.863. The first-order chi connectivity index (χ1) is 4.45. The SMILES string of the molecule is C=CC(=O)NOS(=O)(=O)O. The zero-order valence-electron chi connectivity index (χ0n) is 4.77. The molecule has 0 unspecified atom stereocenters. The van der Waals surface area contributed by atoms with Crippen LogP contribution in [0.25, 0.3) is 0 Å². The van der Waals surface area contributed by atoms with Gasteiger partial charge in [-0.25, -0.2) is 5.48 Å². The molecule has 0 radical (unpaired) electrons. The van der Waals surface area contributed by atoms with Gasteiger partial charge in [-0.15, -0.1) is 4.28 Å². The molecule has 58 valence electrons. The summed E-state index contributed by atoms with van der Waals surface area (Å²) in [5, 5.41) is 0. The Bertz CT molecular complexity index is 229. The molecule has 0 aliphatic carbocycles. The number of carbonyl (C=O) groups is 1. The first kappa shape index (κ1) is 9.08. The van der Waals surface area contributed by atoms with E-state index in [1.165, 1.54) is 5.48 Å². The molecule has 6 nitrogen and oxygen atoms in total. The molecule has 0 saturated heterocycles. The lowest BCUT2D eigenvalue weighted by atomic mass is 10.6. The molecule has 0 saturated carbocycles. The van der Waals surface area contributed by atoms with Crippen molar-refractivity contribution in [2.45, 2.75) is 0 Å². The van der Waals surface area contributed by atoms with E-state index < -0.39 is 16.3 Å². The lowest BCUT2D eigenvalue weighted by Gasteiger charge is -1.95. The normalized spacial score (nSPS) is 10.5. The van der Waals surface area contributed by atoms with Crippen LogP contribution in [0.2, 0.25) is 0 Å². The molecular weight excluding hydrogens is 162 g/mol. The van der Waals surface area contributed by atoms with Crippen molar-refractivity contribution in [2.75, 3.05) is 0 Å². The second-order valence-corrected chi connectivity index (χ2v) is 2.20. The first-order valence-corrected chi connectivity index (χ1v) is 3.40. The van der Waals surface area contributed by atoms with Crippen molar-refractivity contribution in [2.24, 2.45) is 0 Å². The standard InChI is InChI=1S/C3H5NO5S/c1-2-3(5)4-9-10(6,7)8/h2H,1H2,(H,4,5)(H,6,7,8). The Labute approximate surface area is 57.4 Å². The number of carbonyl (C=O) groups excluding carboxylic acids is 1. The molecule has 0 spiro atoms. The Hall–Kier alpha value is -0.920. The van der Waals surface area contributed by atoms with Crippen molar-refractivity contribution < 1.29 is 22.0 Å². The van der Waals surface area contributed by atoms with Gasteiger partial charge in [0, 0.05) is 0 Å². The van der Waals surface area contributed by atoms with E-state index in [1.54, 1.807) is 0 Å². The van der Waals surface area contributed by atoms with Gasteiger partial charge < -0.3 is 0 Å². The van der Waals surface area contributed by atoms with Gasteiger partial charge in [0.2, 0.25) is 0 Å². The van der Waals surface area contributed by atoms with Crippen molar-refractivity contribution in [3.63, 3.8) is 0 Å². The molecule has 0 aliphatic heterocycles. The third kappa shape index (κ3) is 5.22. The minimum atomic E-state index is -4.61. The fourth-order valence-corrected chi connectivity index (χ4v) is 0.323. The van der Waals surface area contributed by atoms with E-state index >= 15 is 0 Å². The molecule has 0 aromatic rings. The fraction of sp³-hybridized carbons (Fsp3) is 0. The molecule has 0 atom stereocenters. The van der Waals surface area contributed by atoms with Crippen LogP contribution < -0.4 is 5.48 Å². The summed E-state index contributed by atoms with van der Waals surface area (Å²) in [6.45, 7) is 2.99. The molecule has 0 bridgehead atoms. The van der Waals surface area contributed by atoms with Crippen molar-refractivity contribution in [3.8, 4) is 0 Å². The second kappa shape index (κ2) is 3.30. The smallest absolute Gasteiger partial charge is 0.268 e. The number of hydrogen-bond donors (Lipinski definition) is 2. The van der Waals surface area contributed by atoms with Crippen molar-refractivity contribution in [1.82, 2.24) is 5.48 Å². The maximum absolute atomic E-state index is 10.1. The highest BCUT2D eigenvalue weighted by molar-refractivity contribution is 7.80. The monoisotopic (exact) mass is 167 g/mol. The number of nitrogens with one attached hydrogen (secondary N) is 1. The maximum Gasteiger partial charge on any atom is 0.418 e. The molecule has 0 aromatic heterocycles. The summed E-state index contributed by atoms with van der Waals surface area (Å²) in [6.07, 6.45) is 0.783. The molecule has 0 heterocycles. The van der Waals surface area contributed by atoms with Gasteiger partial charge in [-0.2, -0.15) is 8.42 Å². The molecule has 10 heavy (non-hydrogen) atoms. The summed E-state index contributed by atoms with van der Waals surface area (Å²) >= 11 is 0. The van der Waals surface area contributed by atoms with Gasteiger partial charge in [-0.05, 0) is 6.08 Å². The van der Waals surface area contributed by atoms with Crippen LogP contribution >= 0.6 is 0 Å². The van der Waals surface area contributed by atoms with Crippen LogP contribution in [-0.4, -0.2) is 18.9 Å². The molecule has 2 N–H and O–H groups in total. The highest BCUT2D eigenvalue weighted by Gasteiger charge is 2.04. The quantitative estimate of drug-likeness (QED) is 0.320. The Morgan fingerprint density at radius 1 is 1.70 bits per heavy atom. The van der Waals surface area contributed by atoms with Crippen LogP contribution in [0, 0.1) is 0 Å². The lowest BCUT2D eigenvalue weighted by Crippen LogP contribution is -2.24. The summed E-state index contributed by atoms with van der Waals surface area (Å²) in [7, 11) is -4.61. The second-order valence-electron chi connectivity index (χ2n) is 1.18. The minimum absolute atomic E-state index is 0.783. The Morgan fingerprint density at radius 3 is 2.50 bits per heavy atom. The average molecular weight is 167 g/mol. The van der Waals surface area contributed by atoms with E-state index in [0.717, 1.165) is 6.08 Å². The van der Waals surface area contributed by atoms with Crippen LogP contribution in [0.3, 0.4) is 0 Å². The number of amides is 1. The van der Waals surface area contributed by atoms with E-state index in [9.17, 15) is 13.2 Å². The predicted octanol–water partition coefficient (Wildman–Crippen LogP) is -0.977. The van der Waals surface area contributed by atoms with E-state index in [0.29, 0.717) is 0 Å². The van der Waals surface area contributed by atoms with E-state index in [2.05, 4.69) is 10.9 Å². The Balaban J connectivity index is 3.78. The van der Waals surface area contributed by atoms with Gasteiger partial charge in [-0.3, -0.25) is 9.35 Å². The topological polar surface area (TPSA) is 92.7 Å². The largest absolute Gasteiger partial charge is 0.418 e. The van der Waals surface area contributed by atoms with Crippen LogP contribution in [0.5, 0.6) is 0 Å². The van der Waals surface area contributed by atoms with Gasteiger partial charge >= 0.3 is 10.4 Å². The van der Waals surface area contributed by atoms with E-state index in [-0.39, 0.29) is 0 Å². The van der Waals surface area contributed by atoms with Crippen LogP contribution in [-0.2, 0) is 19.5 Å². The van der Waals surface area contributed by atoms with Gasteiger partial charge in [0.25, 0.3) is 5.91 Å². The van der Waals surface area contributed by atoms with Crippen LogP contribution in [0.4, 0.5) is 0 Å². The minimum Gasteiger partial charge on any atom is -0.268 e. The highest BCUT2D eigenvalue weighted by atomic mass is 32.3. The lowest BCUT2D eigenvalue weighted by molar-refractivity contribution is -0.122. The summed E-state index contributed by atoms with van der Waals surface area (Å²) in [5.41, 5.74) is 1.38. The predicted molar refractivity (Wildman–Crippen MR) is 31.0 cm³/mol. The zero-order chi connectivity index (χ0) is 8.20. The molecule has 0 aromatic carbocycles. The summed E-state index contributed by atoms with van der Waals surface area (Å²) in [6, 6.07) is 0. The summed E-state index contributed by atoms with van der Waals surface area (Å²) in [4.78, 5) is 10.1. The number of rotatable bonds is 3. The molecule has 0 aliphatic rings. The van der Waals surface area contributed by atoms with Gasteiger partial charge in [0.1, 0.15) is 0 Å². The van der Waals surface area contributed by atoms with Crippen LogP contribution in [0.1, 0.15) is 0 Å². The molecule has 0 fully saturated rings. The molecular formula is C3H5NO5S. The molecule has 0 rings (SSSR count). The van der Waals surface area contributed by atoms with Crippen molar-refractivity contribution in [1.29, 1.82) is 0 Å². The highest BCUT2D eigenvalue weighted by Crippen LogP contribution is 1.79. The van der Waals surface area contributed by atoms with Crippen LogP contribution in [0.15, 0.2) is 12.7 Å². The van der Waals surface area contributed by atoms with Gasteiger partial charge in [0.15, 0.2) is 0 Å². The Morgan fingerprint density at radius 2 is 2.20 bits per heavy atom. The van der Waals surface area contributed by atoms with Crippen molar-refractivity contribution in [3.05, 3.63) is 12.7 Å². The fourth-order valence-electron chi connectivity index (χ4n) is 0.135. The first-order valence-electron chi connectivity index (χ1n) is 2.04. The summed E-state index contributed by atoms with van der Waals surface area (Å²) < 4.78 is 30.8. The third-order valence-electron chi connectivity index (χ3n) is 0.433. The van der Waals surface area contributed by atoms with Gasteiger partial charge in [-0.1, -0.05) is 6.58 Å². The van der Waals surface area contributed by atoms with Crippen molar-refractivity contribution >= 4 is 16.3 Å². The van der Waals surface area contributed by atoms with E-state index in [4.69, 9.17) is 4.55 Å². The third-order valence-corrected chi connectivity index (χ3v) is 0.727. The number of hydroxylamine groups is 1. The average Bonchev–Trinajstić information content (AvgIpc) is 1.81. The zero-order valence-corrected chi connectivity index (χ0v) is 5.59. The molecule has 1 amide bonds. The van der Waals surface area contributed by atoms with Gasteiger partial charge in [0.05, 0.1) is 0 Å². The Kier molecular flexibility index (Phi) is 3.00. The number of hydrogen-bond acceptors (Lipinski definition) is 4. The maximum atomic E-state index is 10.1. The van der Waals surface area contributed by atoms with E-state index in [1.807, 2.05) is 0 Å².